The molecule has 1 heterocycles. The summed E-state index contributed by atoms with van der Waals surface area (Å²) < 4.78 is 63.0. The predicted octanol–water partition coefficient (Wildman–Crippen LogP) is 14.0. The first kappa shape index (κ1) is 67.9. The fourth-order valence-corrected chi connectivity index (χ4v) is 10.7. The molecule has 0 unspecified atom stereocenters. The van der Waals surface area contributed by atoms with E-state index in [1.165, 1.54) is 12.2 Å². The average molecular weight is 1250 g/mol. The van der Waals surface area contributed by atoms with E-state index in [1.54, 1.807) is 24.3 Å². The first-order valence-electron chi connectivity index (χ1n) is 31.8. The monoisotopic (exact) mass is 1240 g/mol. The molecule has 8 rings (SSSR count). The molecule has 2 aliphatic carbocycles. The van der Waals surface area contributed by atoms with Gasteiger partial charge in [-0.1, -0.05) is 44.0 Å². The normalized spacial score (nSPS) is 16.1. The van der Waals surface area contributed by atoms with Gasteiger partial charge >= 0.3 is 29.8 Å². The Morgan fingerprint density at radius 2 is 0.758 bits per heavy atom. The van der Waals surface area contributed by atoms with Crippen molar-refractivity contribution in [3.63, 3.8) is 0 Å². The van der Waals surface area contributed by atoms with Crippen LogP contribution in [-0.4, -0.2) is 106 Å². The van der Waals surface area contributed by atoms with Crippen LogP contribution < -0.4 is 33.2 Å². The van der Waals surface area contributed by atoms with Crippen molar-refractivity contribution in [3.8, 4) is 62.8 Å². The fourth-order valence-electron chi connectivity index (χ4n) is 10.7. The second-order valence-corrected chi connectivity index (χ2v) is 22.6. The number of carbonyl (C=O) groups excluding carboxylic acids is 5. The van der Waals surface area contributed by atoms with Gasteiger partial charge < -0.3 is 52.1 Å². The Kier molecular flexibility index (Phi) is 27.8. The Morgan fingerprint density at radius 3 is 1.22 bits per heavy atom. The summed E-state index contributed by atoms with van der Waals surface area (Å²) in [7, 11) is 0. The molecule has 0 spiro atoms. The first-order chi connectivity index (χ1) is 44.5. The Hall–Kier alpha value is -9.03. The zero-order valence-electron chi connectivity index (χ0n) is 51.9. The summed E-state index contributed by atoms with van der Waals surface area (Å²) in [4.78, 5) is 70.7. The van der Waals surface area contributed by atoms with E-state index in [2.05, 4.69) is 19.7 Å². The number of ether oxygens (including phenoxy) is 11. The van der Waals surface area contributed by atoms with E-state index in [0.29, 0.717) is 128 Å². The second-order valence-electron chi connectivity index (χ2n) is 22.6. The quantitative estimate of drug-likeness (QED) is 0.0116. The van der Waals surface area contributed by atoms with Crippen LogP contribution in [0.5, 0.6) is 40.2 Å². The molecule has 18 heteroatoms. The second kappa shape index (κ2) is 37.2. The van der Waals surface area contributed by atoms with E-state index in [1.807, 2.05) is 91.0 Å². The van der Waals surface area contributed by atoms with Crippen LogP contribution in [0.25, 0.3) is 33.5 Å². The highest BCUT2D eigenvalue weighted by atomic mass is 16.6. The molecule has 0 atom stereocenters. The number of hydrogen-bond donors (Lipinski definition) is 0. The summed E-state index contributed by atoms with van der Waals surface area (Å²) >= 11 is 0. The largest absolute Gasteiger partial charge is 0.494 e. The maximum absolute atomic E-state index is 13.3. The van der Waals surface area contributed by atoms with Crippen molar-refractivity contribution in [2.24, 2.45) is 23.7 Å². The van der Waals surface area contributed by atoms with Gasteiger partial charge in [0.25, 0.3) is 0 Å². The van der Waals surface area contributed by atoms with Crippen molar-refractivity contribution < 1.29 is 76.1 Å². The molecule has 5 aromatic carbocycles. The fraction of sp³-hybridized carbons (Fsp3) is 0.411. The van der Waals surface area contributed by atoms with E-state index in [4.69, 9.17) is 62.1 Å². The molecule has 2 saturated carbocycles. The zero-order valence-corrected chi connectivity index (χ0v) is 51.9. The molecule has 18 nitrogen and oxygen atoms in total. The summed E-state index contributed by atoms with van der Waals surface area (Å²) in [6.07, 6.45) is 16.6. The van der Waals surface area contributed by atoms with E-state index in [0.717, 1.165) is 94.3 Å². The highest BCUT2D eigenvalue weighted by Crippen LogP contribution is 2.37. The average Bonchev–Trinajstić information content (AvgIpc) is 0.954. The first-order valence-corrected chi connectivity index (χ1v) is 31.8. The van der Waals surface area contributed by atoms with Gasteiger partial charge in [0.1, 0.15) is 53.5 Å². The maximum atomic E-state index is 13.3. The number of fused-ring (bicyclic) bond motifs is 1. The summed E-state index contributed by atoms with van der Waals surface area (Å²) in [5, 5.41) is 0. The number of esters is 5. The Labute approximate surface area is 533 Å². The number of unbranched alkanes of at least 4 members (excludes halogenated alkanes) is 6. The highest BCUT2D eigenvalue weighted by Gasteiger charge is 2.30. The van der Waals surface area contributed by atoms with Crippen LogP contribution in [0.3, 0.4) is 0 Å². The summed E-state index contributed by atoms with van der Waals surface area (Å²) in [6, 6.07) is 35.6. The number of hydrogen-bond acceptors (Lipinski definition) is 18. The number of nitrogens with zero attached hydrogens (tertiary/aromatic N) is 2. The smallest absolute Gasteiger partial charge is 0.330 e. The molecule has 0 bridgehead atoms. The van der Waals surface area contributed by atoms with E-state index >= 15 is 0 Å². The third-order valence-electron chi connectivity index (χ3n) is 15.8. The van der Waals surface area contributed by atoms with Crippen molar-refractivity contribution in [1.29, 1.82) is 0 Å². The van der Waals surface area contributed by atoms with Crippen LogP contribution in [0.1, 0.15) is 103 Å². The molecule has 0 aliphatic heterocycles. The lowest BCUT2D eigenvalue weighted by molar-refractivity contribution is -0.141. The van der Waals surface area contributed by atoms with Crippen LogP contribution in [0.4, 0.5) is 0 Å². The Morgan fingerprint density at radius 1 is 0.374 bits per heavy atom. The third-order valence-corrected chi connectivity index (χ3v) is 15.8. The molecule has 91 heavy (non-hydrogen) atoms. The van der Waals surface area contributed by atoms with Crippen LogP contribution >= 0.6 is 0 Å². The standard InChI is InChI=1S/C73H84N2O16/c1-4-67(76)85-41-13-9-7-11-39-82-58-29-33-60(34-30-58)90-72(79)54-25-21-52(22-26-54)50-88-62-19-15-17-56(47-62)70-71(75-66-49-64(37-38-65(66)74-70)84-45-43-81-44-46-87-69(78)6-3)57-18-16-20-63(48-57)89-51-53-23-27-55(28-24-53)73(80)91-61-35-31-59(32-36-61)83-40-12-8-10-14-42-86-68(77)5-2/h4-6,15-20,29-38,47-49,52-55H,1-3,7-14,21-28,39-46,50-51H2. The zero-order chi connectivity index (χ0) is 63.8. The molecule has 1 aromatic heterocycles. The van der Waals surface area contributed by atoms with Gasteiger partial charge in [0.05, 0.1) is 87.1 Å². The third kappa shape index (κ3) is 23.1. The van der Waals surface area contributed by atoms with Gasteiger partial charge in [0, 0.05) is 35.4 Å². The van der Waals surface area contributed by atoms with Gasteiger partial charge in [-0.05, 0) is 199 Å². The number of benzene rings is 5. The molecule has 482 valence electrons. The SMILES string of the molecule is C=CC(=O)OCCCCCCOc1ccc(OC(=O)C2CCC(COc3cccc(-c4nc5ccc(OCCOCCOC(=O)C=C)cc5nc4-c4cccc(OCC5CCC(C(=O)Oc6ccc(OCCCCCCOC(=O)C=C)cc6)CC5)c4)c3)CC2)cc1. The Bertz CT molecular complexity index is 3310. The summed E-state index contributed by atoms with van der Waals surface area (Å²) in [5.41, 5.74) is 4.20. The topological polar surface area (TPSA) is 213 Å². The number of rotatable bonds is 38. The minimum atomic E-state index is -0.505. The van der Waals surface area contributed by atoms with Crippen molar-refractivity contribution in [3.05, 3.63) is 153 Å². The van der Waals surface area contributed by atoms with E-state index < -0.39 is 17.9 Å². The number of aromatic nitrogens is 2. The molecule has 0 radical (unpaired) electrons. The van der Waals surface area contributed by atoms with Crippen molar-refractivity contribution >= 4 is 40.9 Å². The van der Waals surface area contributed by atoms with Crippen molar-refractivity contribution in [2.75, 3.05) is 66.1 Å². The van der Waals surface area contributed by atoms with Crippen molar-refractivity contribution in [1.82, 2.24) is 9.97 Å². The van der Waals surface area contributed by atoms with E-state index in [9.17, 15) is 24.0 Å². The van der Waals surface area contributed by atoms with Crippen LogP contribution in [0, 0.1) is 23.7 Å². The molecule has 6 aromatic rings. The van der Waals surface area contributed by atoms with Gasteiger partial charge in [0.15, 0.2) is 0 Å². The lowest BCUT2D eigenvalue weighted by Crippen LogP contribution is -2.27. The van der Waals surface area contributed by atoms with Gasteiger partial charge in [0.2, 0.25) is 0 Å². The highest BCUT2D eigenvalue weighted by molar-refractivity contribution is 5.87. The molecule has 0 amide bonds. The van der Waals surface area contributed by atoms with Gasteiger partial charge in [-0.2, -0.15) is 0 Å². The summed E-state index contributed by atoms with van der Waals surface area (Å²) in [6.45, 7) is 14.0. The molecule has 2 fully saturated rings. The van der Waals surface area contributed by atoms with Crippen LogP contribution in [0.15, 0.2) is 153 Å². The maximum Gasteiger partial charge on any atom is 0.330 e. The lowest BCUT2D eigenvalue weighted by atomic mass is 9.82. The molecule has 2 aliphatic rings. The molecule has 0 N–H and O–H groups in total. The molecular formula is C73H84N2O16. The molecule has 0 saturated heterocycles. The van der Waals surface area contributed by atoms with Crippen LogP contribution in [0.2, 0.25) is 0 Å². The van der Waals surface area contributed by atoms with Crippen LogP contribution in [-0.2, 0) is 42.9 Å². The van der Waals surface area contributed by atoms with Gasteiger partial charge in [-0.3, -0.25) is 9.59 Å². The summed E-state index contributed by atoms with van der Waals surface area (Å²) in [5.74, 6) is 2.68. The predicted molar refractivity (Wildman–Crippen MR) is 344 cm³/mol. The van der Waals surface area contributed by atoms with E-state index in [-0.39, 0.29) is 62.0 Å². The molecular weight excluding hydrogens is 1160 g/mol. The Balaban J connectivity index is 0.826. The number of carbonyl (C=O) groups is 5. The van der Waals surface area contributed by atoms with Gasteiger partial charge in [-0.25, -0.2) is 24.4 Å². The van der Waals surface area contributed by atoms with Gasteiger partial charge in [-0.15, -0.1) is 0 Å². The van der Waals surface area contributed by atoms with Crippen molar-refractivity contribution in [2.45, 2.75) is 103 Å². The minimum Gasteiger partial charge on any atom is -0.494 e. The lowest BCUT2D eigenvalue weighted by Gasteiger charge is -2.27. The minimum absolute atomic E-state index is 0.113.